The smallest absolute Gasteiger partial charge is 0.257 e. The predicted octanol–water partition coefficient (Wildman–Crippen LogP) is 1.27. The second-order valence-electron chi connectivity index (χ2n) is 5.50. The van der Waals surface area contributed by atoms with Crippen molar-refractivity contribution in [2.24, 2.45) is 0 Å². The second-order valence-corrected chi connectivity index (χ2v) is 7.72. The predicted molar refractivity (Wildman–Crippen MR) is 83.4 cm³/mol. The van der Waals surface area contributed by atoms with Crippen LogP contribution in [0.4, 0.5) is 0 Å². The molecule has 122 valence electrons. The van der Waals surface area contributed by atoms with E-state index in [2.05, 4.69) is 0 Å². The lowest BCUT2D eigenvalue weighted by atomic mass is 10.1. The van der Waals surface area contributed by atoms with E-state index in [0.29, 0.717) is 23.5 Å². The van der Waals surface area contributed by atoms with Gasteiger partial charge in [-0.25, -0.2) is 8.42 Å². The van der Waals surface area contributed by atoms with Crippen LogP contribution >= 0.6 is 0 Å². The van der Waals surface area contributed by atoms with Gasteiger partial charge in [-0.3, -0.25) is 4.79 Å². The van der Waals surface area contributed by atoms with E-state index in [-0.39, 0.29) is 23.5 Å². The summed E-state index contributed by atoms with van der Waals surface area (Å²) in [6.07, 6.45) is 0.468. The van der Waals surface area contributed by atoms with Crippen LogP contribution in [0.5, 0.6) is 11.5 Å². The SMILES string of the molecule is COc1cc(C(=O)N(C)C2CCS(=O)(=O)C2)c(OC)cc1C. The summed E-state index contributed by atoms with van der Waals surface area (Å²) in [7, 11) is 1.62. The number of carbonyl (C=O) groups is 1. The number of ether oxygens (including phenoxy) is 2. The Balaban J connectivity index is 2.32. The van der Waals surface area contributed by atoms with Crippen LogP contribution in [0.15, 0.2) is 12.1 Å². The fraction of sp³-hybridized carbons (Fsp3) is 0.533. The topological polar surface area (TPSA) is 72.9 Å². The van der Waals surface area contributed by atoms with Crippen molar-refractivity contribution in [1.82, 2.24) is 4.90 Å². The Kier molecular flexibility index (Phi) is 4.65. The third-order valence-corrected chi connectivity index (χ3v) is 5.77. The molecule has 0 aromatic heterocycles. The van der Waals surface area contributed by atoms with Crippen molar-refractivity contribution in [2.45, 2.75) is 19.4 Å². The molecule has 22 heavy (non-hydrogen) atoms. The van der Waals surface area contributed by atoms with Crippen molar-refractivity contribution in [2.75, 3.05) is 32.8 Å². The van der Waals surface area contributed by atoms with Crippen molar-refractivity contribution < 1.29 is 22.7 Å². The Bertz CT molecular complexity index is 683. The maximum Gasteiger partial charge on any atom is 0.257 e. The van der Waals surface area contributed by atoms with E-state index in [4.69, 9.17) is 9.47 Å². The zero-order valence-electron chi connectivity index (χ0n) is 13.3. The highest BCUT2D eigenvalue weighted by Gasteiger charge is 2.34. The van der Waals surface area contributed by atoms with Crippen LogP contribution in [-0.4, -0.2) is 58.0 Å². The average molecular weight is 327 g/mol. The first-order valence-electron chi connectivity index (χ1n) is 6.99. The number of benzene rings is 1. The summed E-state index contributed by atoms with van der Waals surface area (Å²) in [6, 6.07) is 3.08. The van der Waals surface area contributed by atoms with E-state index < -0.39 is 9.84 Å². The minimum Gasteiger partial charge on any atom is -0.496 e. The Morgan fingerprint density at radius 1 is 1.23 bits per heavy atom. The lowest BCUT2D eigenvalue weighted by Gasteiger charge is -2.24. The zero-order chi connectivity index (χ0) is 16.5. The third kappa shape index (κ3) is 3.19. The van der Waals surface area contributed by atoms with Gasteiger partial charge in [0.2, 0.25) is 0 Å². The van der Waals surface area contributed by atoms with Gasteiger partial charge >= 0.3 is 0 Å². The second kappa shape index (κ2) is 6.16. The van der Waals surface area contributed by atoms with Gasteiger partial charge in [0.15, 0.2) is 9.84 Å². The number of nitrogens with zero attached hydrogens (tertiary/aromatic N) is 1. The van der Waals surface area contributed by atoms with Crippen LogP contribution in [0.3, 0.4) is 0 Å². The standard InChI is InChI=1S/C15H21NO5S/c1-10-7-14(21-4)12(8-13(10)20-3)15(17)16(2)11-5-6-22(18,19)9-11/h7-8,11H,5-6,9H2,1-4H3. The number of amides is 1. The van der Waals surface area contributed by atoms with E-state index in [1.165, 1.54) is 19.1 Å². The molecule has 0 spiro atoms. The molecule has 0 bridgehead atoms. The Labute approximate surface area is 130 Å². The monoisotopic (exact) mass is 327 g/mol. The minimum absolute atomic E-state index is 0.0144. The van der Waals surface area contributed by atoms with Crippen molar-refractivity contribution in [3.05, 3.63) is 23.3 Å². The van der Waals surface area contributed by atoms with Crippen LogP contribution in [0.25, 0.3) is 0 Å². The van der Waals surface area contributed by atoms with Crippen LogP contribution in [-0.2, 0) is 9.84 Å². The minimum atomic E-state index is -3.04. The molecule has 1 amide bonds. The molecular formula is C15H21NO5S. The lowest BCUT2D eigenvalue weighted by Crippen LogP contribution is -2.38. The number of rotatable bonds is 4. The molecule has 1 saturated heterocycles. The van der Waals surface area contributed by atoms with E-state index >= 15 is 0 Å². The lowest BCUT2D eigenvalue weighted by molar-refractivity contribution is 0.0744. The number of methoxy groups -OCH3 is 2. The summed E-state index contributed by atoms with van der Waals surface area (Å²) in [6.45, 7) is 1.86. The zero-order valence-corrected chi connectivity index (χ0v) is 14.1. The quantitative estimate of drug-likeness (QED) is 0.833. The van der Waals surface area contributed by atoms with Gasteiger partial charge in [0.05, 0.1) is 31.3 Å². The molecule has 1 aliphatic rings. The molecule has 0 radical (unpaired) electrons. The first kappa shape index (κ1) is 16.6. The van der Waals surface area contributed by atoms with Crippen molar-refractivity contribution in [1.29, 1.82) is 0 Å². The molecule has 1 atom stereocenters. The Morgan fingerprint density at radius 2 is 1.86 bits per heavy atom. The van der Waals surface area contributed by atoms with Crippen LogP contribution in [0.1, 0.15) is 22.3 Å². The Morgan fingerprint density at radius 3 is 2.36 bits per heavy atom. The highest BCUT2D eigenvalue weighted by Crippen LogP contribution is 2.30. The van der Waals surface area contributed by atoms with E-state index in [1.54, 1.807) is 19.2 Å². The van der Waals surface area contributed by atoms with Gasteiger partial charge in [0.25, 0.3) is 5.91 Å². The fourth-order valence-electron chi connectivity index (χ4n) is 2.65. The summed E-state index contributed by atoms with van der Waals surface area (Å²) < 4.78 is 33.7. The van der Waals surface area contributed by atoms with Crippen molar-refractivity contribution >= 4 is 15.7 Å². The summed E-state index contributed by atoms with van der Waals surface area (Å²) in [4.78, 5) is 14.2. The molecule has 2 rings (SSSR count). The first-order valence-corrected chi connectivity index (χ1v) is 8.81. The summed E-state index contributed by atoms with van der Waals surface area (Å²) >= 11 is 0. The van der Waals surface area contributed by atoms with Crippen LogP contribution in [0, 0.1) is 6.92 Å². The van der Waals surface area contributed by atoms with E-state index in [1.807, 2.05) is 6.92 Å². The van der Waals surface area contributed by atoms with Gasteiger partial charge in [-0.1, -0.05) is 0 Å². The largest absolute Gasteiger partial charge is 0.496 e. The van der Waals surface area contributed by atoms with Gasteiger partial charge in [0.1, 0.15) is 11.5 Å². The average Bonchev–Trinajstić information content (AvgIpc) is 2.85. The molecule has 1 aromatic carbocycles. The summed E-state index contributed by atoms with van der Waals surface area (Å²) in [5, 5.41) is 0. The molecule has 1 heterocycles. The van der Waals surface area contributed by atoms with Gasteiger partial charge < -0.3 is 14.4 Å². The molecule has 7 heteroatoms. The van der Waals surface area contributed by atoms with Crippen molar-refractivity contribution in [3.8, 4) is 11.5 Å². The molecule has 0 saturated carbocycles. The molecule has 6 nitrogen and oxygen atoms in total. The number of sulfone groups is 1. The highest BCUT2D eigenvalue weighted by molar-refractivity contribution is 7.91. The van der Waals surface area contributed by atoms with Gasteiger partial charge in [-0.2, -0.15) is 0 Å². The molecule has 1 aromatic rings. The van der Waals surface area contributed by atoms with E-state index in [9.17, 15) is 13.2 Å². The molecule has 1 fully saturated rings. The van der Waals surface area contributed by atoms with E-state index in [0.717, 1.165) is 5.56 Å². The summed E-state index contributed by atoms with van der Waals surface area (Å²) in [5.74, 6) is 0.925. The first-order chi connectivity index (χ1) is 10.3. The molecule has 1 unspecified atom stereocenters. The number of aryl methyl sites for hydroxylation is 1. The maximum absolute atomic E-state index is 12.7. The Hall–Kier alpha value is -1.76. The molecule has 0 aliphatic carbocycles. The number of hydrogen-bond acceptors (Lipinski definition) is 5. The molecule has 0 N–H and O–H groups in total. The normalized spacial score (nSPS) is 19.7. The summed E-state index contributed by atoms with van der Waals surface area (Å²) in [5.41, 5.74) is 1.23. The molecular weight excluding hydrogens is 306 g/mol. The third-order valence-electron chi connectivity index (χ3n) is 4.02. The number of hydrogen-bond donors (Lipinski definition) is 0. The van der Waals surface area contributed by atoms with Gasteiger partial charge in [0, 0.05) is 13.1 Å². The molecule has 1 aliphatic heterocycles. The van der Waals surface area contributed by atoms with Crippen molar-refractivity contribution in [3.63, 3.8) is 0 Å². The van der Waals surface area contributed by atoms with Gasteiger partial charge in [-0.05, 0) is 31.0 Å². The van der Waals surface area contributed by atoms with Crippen LogP contribution < -0.4 is 9.47 Å². The number of carbonyl (C=O) groups excluding carboxylic acids is 1. The van der Waals surface area contributed by atoms with Crippen LogP contribution in [0.2, 0.25) is 0 Å². The fourth-order valence-corrected chi connectivity index (χ4v) is 4.43. The van der Waals surface area contributed by atoms with Gasteiger partial charge in [-0.15, -0.1) is 0 Å². The highest BCUT2D eigenvalue weighted by atomic mass is 32.2. The maximum atomic E-state index is 12.7.